The molecule has 1 unspecified atom stereocenters. The van der Waals surface area contributed by atoms with Crippen molar-refractivity contribution < 1.29 is 0 Å². The Bertz CT molecular complexity index is 112. The summed E-state index contributed by atoms with van der Waals surface area (Å²) < 4.78 is 0. The zero-order valence-electron chi connectivity index (χ0n) is 8.68. The van der Waals surface area contributed by atoms with Crippen molar-refractivity contribution in [2.75, 3.05) is 19.6 Å². The summed E-state index contributed by atoms with van der Waals surface area (Å²) in [5.41, 5.74) is 0. The van der Waals surface area contributed by atoms with Crippen molar-refractivity contribution in [3.05, 3.63) is 0 Å². The van der Waals surface area contributed by atoms with E-state index in [1.165, 1.54) is 51.7 Å². The summed E-state index contributed by atoms with van der Waals surface area (Å²) in [6, 6.07) is 0. The van der Waals surface area contributed by atoms with E-state index in [0.717, 1.165) is 5.92 Å². The van der Waals surface area contributed by atoms with Crippen LogP contribution in [-0.4, -0.2) is 24.5 Å². The average molecular weight is 169 g/mol. The first-order valence-corrected chi connectivity index (χ1v) is 5.59. The van der Waals surface area contributed by atoms with E-state index >= 15 is 0 Å². The highest BCUT2D eigenvalue weighted by Gasteiger charge is 2.20. The molecule has 0 spiro atoms. The Morgan fingerprint density at radius 1 is 1.25 bits per heavy atom. The lowest BCUT2D eigenvalue weighted by molar-refractivity contribution is 0.315. The molecule has 1 rings (SSSR count). The summed E-state index contributed by atoms with van der Waals surface area (Å²) >= 11 is 0. The molecule has 1 nitrogen and oxygen atoms in total. The highest BCUT2D eigenvalue weighted by atomic mass is 15.1. The first-order valence-electron chi connectivity index (χ1n) is 5.59. The monoisotopic (exact) mass is 169 g/mol. The van der Waals surface area contributed by atoms with E-state index in [9.17, 15) is 0 Å². The third-order valence-corrected chi connectivity index (χ3v) is 2.89. The van der Waals surface area contributed by atoms with Crippen molar-refractivity contribution in [2.24, 2.45) is 5.92 Å². The summed E-state index contributed by atoms with van der Waals surface area (Å²) in [6.45, 7) is 8.67. The fraction of sp³-hybridized carbons (Fsp3) is 1.00. The third kappa shape index (κ3) is 3.14. The highest BCUT2D eigenvalue weighted by Crippen LogP contribution is 2.20. The maximum absolute atomic E-state index is 2.64. The second-order valence-corrected chi connectivity index (χ2v) is 4.10. The lowest BCUT2D eigenvalue weighted by atomic mass is 10.0. The Balaban J connectivity index is 2.08. The van der Waals surface area contributed by atoms with Gasteiger partial charge in [0.25, 0.3) is 0 Å². The number of nitrogens with zero attached hydrogens (tertiary/aromatic N) is 1. The van der Waals surface area contributed by atoms with Gasteiger partial charge in [0, 0.05) is 6.54 Å². The van der Waals surface area contributed by atoms with Gasteiger partial charge in [-0.25, -0.2) is 0 Å². The van der Waals surface area contributed by atoms with Gasteiger partial charge in [0.05, 0.1) is 0 Å². The Labute approximate surface area is 77.1 Å². The van der Waals surface area contributed by atoms with Gasteiger partial charge < -0.3 is 4.90 Å². The zero-order valence-corrected chi connectivity index (χ0v) is 8.68. The van der Waals surface area contributed by atoms with E-state index in [1.54, 1.807) is 0 Å². The second kappa shape index (κ2) is 5.58. The van der Waals surface area contributed by atoms with E-state index in [2.05, 4.69) is 18.7 Å². The molecule has 1 atom stereocenters. The standard InChI is InChI=1S/C11H23N/c1-3-5-8-12-9-7-11(10-12)6-4-2/h11H,3-10H2,1-2H3. The minimum absolute atomic E-state index is 1.02. The van der Waals surface area contributed by atoms with Gasteiger partial charge in [-0.15, -0.1) is 0 Å². The van der Waals surface area contributed by atoms with Crippen LogP contribution in [0.1, 0.15) is 46.0 Å². The van der Waals surface area contributed by atoms with E-state index < -0.39 is 0 Å². The van der Waals surface area contributed by atoms with Gasteiger partial charge in [0.1, 0.15) is 0 Å². The number of hydrogen-bond acceptors (Lipinski definition) is 1. The fourth-order valence-electron chi connectivity index (χ4n) is 2.14. The minimum Gasteiger partial charge on any atom is -0.303 e. The van der Waals surface area contributed by atoms with Crippen LogP contribution < -0.4 is 0 Å². The van der Waals surface area contributed by atoms with Gasteiger partial charge in [0.15, 0.2) is 0 Å². The van der Waals surface area contributed by atoms with Crippen LogP contribution in [0.4, 0.5) is 0 Å². The SMILES string of the molecule is CCCCN1CCC(CCC)C1. The van der Waals surface area contributed by atoms with Crippen molar-refractivity contribution in [1.29, 1.82) is 0 Å². The van der Waals surface area contributed by atoms with Crippen molar-refractivity contribution in [2.45, 2.75) is 46.0 Å². The fourth-order valence-corrected chi connectivity index (χ4v) is 2.14. The van der Waals surface area contributed by atoms with Gasteiger partial charge in [-0.2, -0.15) is 0 Å². The van der Waals surface area contributed by atoms with E-state index in [4.69, 9.17) is 0 Å². The molecule has 0 aromatic heterocycles. The molecule has 0 aromatic carbocycles. The minimum atomic E-state index is 1.02. The lowest BCUT2D eigenvalue weighted by Crippen LogP contribution is -2.21. The van der Waals surface area contributed by atoms with Crippen molar-refractivity contribution in [3.63, 3.8) is 0 Å². The summed E-state index contributed by atoms with van der Waals surface area (Å²) in [5, 5.41) is 0. The maximum Gasteiger partial charge on any atom is 0.00101 e. The van der Waals surface area contributed by atoms with Crippen LogP contribution in [0.2, 0.25) is 0 Å². The van der Waals surface area contributed by atoms with E-state index in [0.29, 0.717) is 0 Å². The predicted molar refractivity (Wildman–Crippen MR) is 54.4 cm³/mol. The molecular weight excluding hydrogens is 146 g/mol. The molecule has 1 saturated heterocycles. The lowest BCUT2D eigenvalue weighted by Gasteiger charge is -2.14. The van der Waals surface area contributed by atoms with E-state index in [-0.39, 0.29) is 0 Å². The molecule has 1 aliphatic rings. The Morgan fingerprint density at radius 3 is 2.75 bits per heavy atom. The zero-order chi connectivity index (χ0) is 8.81. The molecule has 0 aliphatic carbocycles. The molecule has 1 fully saturated rings. The second-order valence-electron chi connectivity index (χ2n) is 4.10. The molecule has 1 heterocycles. The summed E-state index contributed by atoms with van der Waals surface area (Å²) in [6.07, 6.45) is 7.00. The molecule has 0 amide bonds. The number of unbranched alkanes of at least 4 members (excludes halogenated alkanes) is 1. The van der Waals surface area contributed by atoms with Crippen molar-refractivity contribution in [3.8, 4) is 0 Å². The topological polar surface area (TPSA) is 3.24 Å². The number of likely N-dealkylation sites (tertiary alicyclic amines) is 1. The predicted octanol–water partition coefficient (Wildman–Crippen LogP) is 2.91. The van der Waals surface area contributed by atoms with Gasteiger partial charge in [0.2, 0.25) is 0 Å². The van der Waals surface area contributed by atoms with Crippen molar-refractivity contribution >= 4 is 0 Å². The number of rotatable bonds is 5. The highest BCUT2D eigenvalue weighted by molar-refractivity contribution is 4.74. The molecule has 1 aliphatic heterocycles. The Morgan fingerprint density at radius 2 is 2.08 bits per heavy atom. The Kier molecular flexibility index (Phi) is 4.67. The molecule has 72 valence electrons. The summed E-state index contributed by atoms with van der Waals surface area (Å²) in [5.74, 6) is 1.02. The van der Waals surface area contributed by atoms with Crippen LogP contribution in [-0.2, 0) is 0 Å². The van der Waals surface area contributed by atoms with Crippen LogP contribution in [0.5, 0.6) is 0 Å². The van der Waals surface area contributed by atoms with Gasteiger partial charge in [-0.1, -0.05) is 26.7 Å². The van der Waals surface area contributed by atoms with Gasteiger partial charge in [-0.3, -0.25) is 0 Å². The van der Waals surface area contributed by atoms with Crippen molar-refractivity contribution in [1.82, 2.24) is 4.90 Å². The molecule has 0 saturated carbocycles. The van der Waals surface area contributed by atoms with Crippen LogP contribution in [0.15, 0.2) is 0 Å². The molecule has 1 heteroatoms. The third-order valence-electron chi connectivity index (χ3n) is 2.89. The maximum atomic E-state index is 2.64. The smallest absolute Gasteiger partial charge is 0.00101 e. The molecule has 0 bridgehead atoms. The molecule has 0 radical (unpaired) electrons. The first-order chi connectivity index (χ1) is 5.86. The first kappa shape index (κ1) is 10.0. The summed E-state index contributed by atoms with van der Waals surface area (Å²) in [7, 11) is 0. The van der Waals surface area contributed by atoms with E-state index in [1.807, 2.05) is 0 Å². The van der Waals surface area contributed by atoms with Crippen LogP contribution in [0.25, 0.3) is 0 Å². The normalized spacial score (nSPS) is 25.0. The molecular formula is C11H23N. The number of hydrogen-bond donors (Lipinski definition) is 0. The molecule has 0 aromatic rings. The van der Waals surface area contributed by atoms with Crippen LogP contribution >= 0.6 is 0 Å². The van der Waals surface area contributed by atoms with Gasteiger partial charge in [-0.05, 0) is 38.3 Å². The molecule has 12 heavy (non-hydrogen) atoms. The van der Waals surface area contributed by atoms with Gasteiger partial charge >= 0.3 is 0 Å². The largest absolute Gasteiger partial charge is 0.303 e. The Hall–Kier alpha value is -0.0400. The summed E-state index contributed by atoms with van der Waals surface area (Å²) in [4.78, 5) is 2.64. The van der Waals surface area contributed by atoms with Crippen LogP contribution in [0.3, 0.4) is 0 Å². The average Bonchev–Trinajstić information content (AvgIpc) is 2.50. The quantitative estimate of drug-likeness (QED) is 0.611. The molecule has 0 N–H and O–H groups in total. The van der Waals surface area contributed by atoms with Crippen LogP contribution in [0, 0.1) is 5.92 Å².